The van der Waals surface area contributed by atoms with Crippen LogP contribution in [0.1, 0.15) is 34.3 Å². The van der Waals surface area contributed by atoms with Gasteiger partial charge in [-0.1, -0.05) is 11.6 Å². The smallest absolute Gasteiger partial charge is 0.377 e. The third kappa shape index (κ3) is 1.93. The second-order valence-electron chi connectivity index (χ2n) is 4.84. The molecule has 20 heavy (non-hydrogen) atoms. The van der Waals surface area contributed by atoms with E-state index in [1.165, 1.54) is 0 Å². The van der Waals surface area contributed by atoms with E-state index >= 15 is 0 Å². The van der Waals surface area contributed by atoms with Crippen LogP contribution in [0, 0.1) is 0 Å². The lowest BCUT2D eigenvalue weighted by Gasteiger charge is -2.27. The van der Waals surface area contributed by atoms with Crippen LogP contribution in [0.15, 0.2) is 0 Å². The van der Waals surface area contributed by atoms with Crippen molar-refractivity contribution in [3.05, 3.63) is 21.7 Å². The van der Waals surface area contributed by atoms with E-state index in [0.717, 1.165) is 12.8 Å². The van der Waals surface area contributed by atoms with Gasteiger partial charge in [-0.05, 0) is 25.7 Å². The average Bonchev–Trinajstić information content (AvgIpc) is 2.47. The lowest BCUT2D eigenvalue weighted by molar-refractivity contribution is -0.131. The van der Waals surface area contributed by atoms with Gasteiger partial charge < -0.3 is 14.6 Å². The standard InChI is InChI=1S/C14H13ClO5/c15-10-8-4-2-5-19-12(8)9(11(16)14(17)18)7-3-1-6-20-13(7)10/h1-6H2,(H,17,18). The fourth-order valence-electron chi connectivity index (χ4n) is 2.74. The molecule has 5 nitrogen and oxygen atoms in total. The summed E-state index contributed by atoms with van der Waals surface area (Å²) in [6.45, 7) is 0.982. The van der Waals surface area contributed by atoms with Gasteiger partial charge in [0.1, 0.15) is 11.5 Å². The van der Waals surface area contributed by atoms with Crippen molar-refractivity contribution in [3.63, 3.8) is 0 Å². The van der Waals surface area contributed by atoms with Crippen LogP contribution < -0.4 is 9.47 Å². The molecule has 0 bridgehead atoms. The van der Waals surface area contributed by atoms with Gasteiger partial charge >= 0.3 is 5.97 Å². The number of ketones is 1. The van der Waals surface area contributed by atoms with Crippen LogP contribution in [-0.2, 0) is 17.6 Å². The Morgan fingerprint density at radius 1 is 1.00 bits per heavy atom. The third-order valence-electron chi connectivity index (χ3n) is 3.60. The Morgan fingerprint density at radius 2 is 1.60 bits per heavy atom. The lowest BCUT2D eigenvalue weighted by Crippen LogP contribution is -2.23. The first-order valence-corrected chi connectivity index (χ1v) is 6.89. The van der Waals surface area contributed by atoms with E-state index in [-0.39, 0.29) is 5.56 Å². The molecule has 0 radical (unpaired) electrons. The van der Waals surface area contributed by atoms with Crippen molar-refractivity contribution in [1.82, 2.24) is 0 Å². The number of benzene rings is 1. The summed E-state index contributed by atoms with van der Waals surface area (Å²) in [6, 6.07) is 0. The highest BCUT2D eigenvalue weighted by Crippen LogP contribution is 2.46. The number of Topliss-reactive ketones (excluding diaryl/α,β-unsaturated/α-hetero) is 1. The number of carboxylic acid groups (broad SMARTS) is 1. The second-order valence-corrected chi connectivity index (χ2v) is 5.22. The van der Waals surface area contributed by atoms with E-state index in [1.807, 2.05) is 0 Å². The zero-order valence-electron chi connectivity index (χ0n) is 10.7. The highest BCUT2D eigenvalue weighted by Gasteiger charge is 2.33. The van der Waals surface area contributed by atoms with Crippen LogP contribution in [0.4, 0.5) is 0 Å². The summed E-state index contributed by atoms with van der Waals surface area (Å²) in [7, 11) is 0. The monoisotopic (exact) mass is 296 g/mol. The fraction of sp³-hybridized carbons (Fsp3) is 0.429. The summed E-state index contributed by atoms with van der Waals surface area (Å²) in [5, 5.41) is 9.48. The number of fused-ring (bicyclic) bond motifs is 2. The molecule has 1 aromatic carbocycles. The highest BCUT2D eigenvalue weighted by molar-refractivity contribution is 6.42. The minimum Gasteiger partial charge on any atom is -0.492 e. The van der Waals surface area contributed by atoms with Gasteiger partial charge in [-0.15, -0.1) is 0 Å². The molecule has 0 spiro atoms. The van der Waals surface area contributed by atoms with E-state index in [9.17, 15) is 9.59 Å². The predicted molar refractivity (Wildman–Crippen MR) is 71.1 cm³/mol. The first-order chi connectivity index (χ1) is 9.61. The molecular formula is C14H13ClO5. The van der Waals surface area contributed by atoms with Crippen LogP contribution in [0.2, 0.25) is 5.02 Å². The van der Waals surface area contributed by atoms with Gasteiger partial charge in [-0.25, -0.2) is 4.79 Å². The van der Waals surface area contributed by atoms with Gasteiger partial charge in [0.05, 0.1) is 23.8 Å². The molecule has 3 rings (SSSR count). The second kappa shape index (κ2) is 4.98. The van der Waals surface area contributed by atoms with Crippen molar-refractivity contribution in [2.45, 2.75) is 25.7 Å². The Kier molecular flexibility index (Phi) is 3.30. The Hall–Kier alpha value is -1.75. The van der Waals surface area contributed by atoms with E-state index < -0.39 is 11.8 Å². The molecule has 1 aromatic rings. The van der Waals surface area contributed by atoms with Crippen molar-refractivity contribution < 1.29 is 24.2 Å². The zero-order chi connectivity index (χ0) is 14.3. The number of hydrogen-bond donors (Lipinski definition) is 1. The molecule has 0 fully saturated rings. The number of carbonyl (C=O) groups is 2. The number of ether oxygens (including phenoxy) is 2. The van der Waals surface area contributed by atoms with Gasteiger partial charge in [0, 0.05) is 11.1 Å². The van der Waals surface area contributed by atoms with Crippen molar-refractivity contribution in [3.8, 4) is 11.5 Å². The summed E-state index contributed by atoms with van der Waals surface area (Å²) in [6.07, 6.45) is 2.74. The summed E-state index contributed by atoms with van der Waals surface area (Å²) in [5.74, 6) is -1.66. The van der Waals surface area contributed by atoms with Crippen LogP contribution in [0.3, 0.4) is 0 Å². The predicted octanol–water partition coefficient (Wildman–Crippen LogP) is 2.26. The molecule has 1 N–H and O–H groups in total. The normalized spacial score (nSPS) is 16.4. The maximum Gasteiger partial charge on any atom is 0.377 e. The number of rotatable bonds is 2. The minimum atomic E-state index is -1.49. The summed E-state index contributed by atoms with van der Waals surface area (Å²) in [5.41, 5.74) is 1.36. The molecular weight excluding hydrogens is 284 g/mol. The molecule has 2 aliphatic heterocycles. The van der Waals surface area contributed by atoms with Gasteiger partial charge in [0.15, 0.2) is 0 Å². The number of hydrogen-bond acceptors (Lipinski definition) is 4. The topological polar surface area (TPSA) is 72.8 Å². The Labute approximate surface area is 120 Å². The largest absolute Gasteiger partial charge is 0.492 e. The van der Waals surface area contributed by atoms with E-state index in [0.29, 0.717) is 53.7 Å². The number of aliphatic carboxylic acids is 1. The minimum absolute atomic E-state index is 0.117. The first-order valence-electron chi connectivity index (χ1n) is 6.51. The van der Waals surface area contributed by atoms with Gasteiger partial charge in [0.2, 0.25) is 0 Å². The maximum absolute atomic E-state index is 12.0. The third-order valence-corrected chi connectivity index (χ3v) is 4.00. The van der Waals surface area contributed by atoms with Crippen molar-refractivity contribution in [2.24, 2.45) is 0 Å². The first kappa shape index (κ1) is 13.2. The van der Waals surface area contributed by atoms with Crippen molar-refractivity contribution >= 4 is 23.4 Å². The molecule has 0 unspecified atom stereocenters. The van der Waals surface area contributed by atoms with Crippen molar-refractivity contribution in [2.75, 3.05) is 13.2 Å². The Bertz CT molecular complexity index is 571. The van der Waals surface area contributed by atoms with Crippen LogP contribution in [0.5, 0.6) is 11.5 Å². The summed E-state index contributed by atoms with van der Waals surface area (Å²) in [4.78, 5) is 23.1. The fourth-order valence-corrected chi connectivity index (χ4v) is 3.08. The Morgan fingerprint density at radius 3 is 2.25 bits per heavy atom. The van der Waals surface area contributed by atoms with Crippen LogP contribution in [0.25, 0.3) is 0 Å². The summed E-state index contributed by atoms with van der Waals surface area (Å²) >= 11 is 6.34. The molecule has 0 aliphatic carbocycles. The van der Waals surface area contributed by atoms with Crippen LogP contribution in [-0.4, -0.2) is 30.1 Å². The summed E-state index contributed by atoms with van der Waals surface area (Å²) < 4.78 is 11.1. The van der Waals surface area contributed by atoms with Crippen LogP contribution >= 0.6 is 11.6 Å². The molecule has 106 valence electrons. The SMILES string of the molecule is O=C(O)C(=O)c1c2c(c(Cl)c3c1OCCC3)OCCC2. The number of carboxylic acids is 1. The molecule has 2 heterocycles. The van der Waals surface area contributed by atoms with Gasteiger partial charge in [-0.2, -0.15) is 0 Å². The number of carbonyl (C=O) groups excluding carboxylic acids is 1. The molecule has 0 aromatic heterocycles. The Balaban J connectivity index is 2.30. The van der Waals surface area contributed by atoms with E-state index in [2.05, 4.69) is 0 Å². The quantitative estimate of drug-likeness (QED) is 0.669. The number of halogens is 1. The average molecular weight is 297 g/mol. The molecule has 0 atom stereocenters. The molecule has 6 heteroatoms. The van der Waals surface area contributed by atoms with E-state index in [4.69, 9.17) is 26.2 Å². The highest BCUT2D eigenvalue weighted by atomic mass is 35.5. The lowest BCUT2D eigenvalue weighted by atomic mass is 9.91. The molecule has 2 aliphatic rings. The molecule has 0 amide bonds. The van der Waals surface area contributed by atoms with Crippen molar-refractivity contribution in [1.29, 1.82) is 0 Å². The van der Waals surface area contributed by atoms with E-state index in [1.54, 1.807) is 0 Å². The molecule has 0 saturated carbocycles. The maximum atomic E-state index is 12.0. The zero-order valence-corrected chi connectivity index (χ0v) is 11.5. The van der Waals surface area contributed by atoms with Gasteiger partial charge in [-0.3, -0.25) is 4.79 Å². The van der Waals surface area contributed by atoms with Gasteiger partial charge in [0.25, 0.3) is 5.78 Å². The molecule has 0 saturated heterocycles.